The minimum atomic E-state index is -0.0401. The van der Waals surface area contributed by atoms with Crippen molar-refractivity contribution < 1.29 is 11.0 Å². The van der Waals surface area contributed by atoms with Crippen LogP contribution >= 0.6 is 0 Å². The van der Waals surface area contributed by atoms with Crippen molar-refractivity contribution >= 4 is 17.2 Å². The molecule has 29 heavy (non-hydrogen) atoms. The van der Waals surface area contributed by atoms with Gasteiger partial charge in [0.15, 0.2) is 12.0 Å². The van der Waals surface area contributed by atoms with Gasteiger partial charge < -0.3 is 10.1 Å². The van der Waals surface area contributed by atoms with E-state index in [-0.39, 0.29) is 15.1 Å². The summed E-state index contributed by atoms with van der Waals surface area (Å²) < 4.78 is 6.25. The van der Waals surface area contributed by atoms with Crippen molar-refractivity contribution in [3.63, 3.8) is 0 Å². The van der Waals surface area contributed by atoms with Gasteiger partial charge >= 0.3 is 0 Å². The van der Waals surface area contributed by atoms with Gasteiger partial charge in [-0.3, -0.25) is 4.79 Å². The molecular formula is C26H39NO2. The molecular weight excluding hydrogens is 358 g/mol. The lowest BCUT2D eigenvalue weighted by molar-refractivity contribution is -0.119. The molecule has 1 atom stereocenters. The van der Waals surface area contributed by atoms with Gasteiger partial charge in [-0.2, -0.15) is 0 Å². The van der Waals surface area contributed by atoms with Crippen LogP contribution in [0.25, 0.3) is 11.5 Å². The summed E-state index contributed by atoms with van der Waals surface area (Å²) in [5, 5.41) is 3.54. The lowest BCUT2D eigenvalue weighted by Gasteiger charge is -2.13. The maximum Gasteiger partial charge on any atom is 0.170 e. The van der Waals surface area contributed by atoms with E-state index in [4.69, 9.17) is 4.74 Å². The summed E-state index contributed by atoms with van der Waals surface area (Å²) in [6.07, 6.45) is 5.10. The number of carbonyl (C=O) groups is 1. The molecule has 0 fully saturated rings. The topological polar surface area (TPSA) is 38.3 Å². The molecule has 0 radical (unpaired) electrons. The van der Waals surface area contributed by atoms with Crippen molar-refractivity contribution in [1.82, 2.24) is 5.32 Å². The first-order valence-electron chi connectivity index (χ1n) is 10.6. The number of hydrogen-bond donors (Lipinski definition) is 1. The zero-order valence-corrected chi connectivity index (χ0v) is 17.4. The maximum atomic E-state index is 11.7. The Balaban J connectivity index is 0.00000204. The molecule has 2 aromatic rings. The number of nitrogens with one attached hydrogen (secondary N) is 1. The molecule has 3 nitrogen and oxygen atoms in total. The van der Waals surface area contributed by atoms with E-state index in [1.165, 1.54) is 0 Å². The van der Waals surface area contributed by atoms with Crippen LogP contribution in [0.15, 0.2) is 60.7 Å². The number of Topliss-reactive ketones (excluding diaryl/α,β-unsaturated/α-hetero) is 1. The second kappa shape index (κ2) is 13.6. The summed E-state index contributed by atoms with van der Waals surface area (Å²) in [4.78, 5) is 11.7. The van der Waals surface area contributed by atoms with Gasteiger partial charge in [-0.25, -0.2) is 0 Å². The molecule has 2 aromatic carbocycles. The molecule has 0 aromatic heterocycles. The van der Waals surface area contributed by atoms with E-state index in [1.54, 1.807) is 0 Å². The second-order valence-corrected chi connectivity index (χ2v) is 6.72. The monoisotopic (exact) mass is 397 g/mol. The summed E-state index contributed by atoms with van der Waals surface area (Å²) >= 11 is 0. The minimum absolute atomic E-state index is 0. The van der Waals surface area contributed by atoms with Gasteiger partial charge in [0.25, 0.3) is 0 Å². The van der Waals surface area contributed by atoms with Crippen LogP contribution in [0.3, 0.4) is 0 Å². The molecule has 160 valence electrons. The fourth-order valence-electron chi connectivity index (χ4n) is 3.27. The number of unbranched alkanes of at least 4 members (excludes halogenated alkanes) is 1. The van der Waals surface area contributed by atoms with Gasteiger partial charge in [0, 0.05) is 31.8 Å². The molecule has 3 heteroatoms. The van der Waals surface area contributed by atoms with Gasteiger partial charge in [-0.05, 0) is 19.3 Å². The number of ketones is 1. The minimum Gasteiger partial charge on any atom is -0.468 e. The van der Waals surface area contributed by atoms with Crippen molar-refractivity contribution in [2.45, 2.75) is 73.0 Å². The van der Waals surface area contributed by atoms with Crippen LogP contribution in [0.5, 0.6) is 0 Å². The molecule has 0 amide bonds. The number of ether oxygens (including phenoxy) is 1. The van der Waals surface area contributed by atoms with Gasteiger partial charge in [0.1, 0.15) is 5.78 Å². The normalized spacial score (nSPS) is 14.8. The third kappa shape index (κ3) is 7.41. The molecule has 1 unspecified atom stereocenters. The summed E-state index contributed by atoms with van der Waals surface area (Å²) in [5.74, 6) is 1.28. The molecule has 0 spiro atoms. The molecule has 0 aliphatic carbocycles. The fourth-order valence-corrected chi connectivity index (χ4v) is 3.27. The lowest BCUT2D eigenvalue weighted by atomic mass is 10.1. The molecule has 1 aliphatic heterocycles. The zero-order valence-electron chi connectivity index (χ0n) is 17.4. The Morgan fingerprint density at radius 3 is 2.10 bits per heavy atom. The van der Waals surface area contributed by atoms with Crippen molar-refractivity contribution in [2.24, 2.45) is 0 Å². The Morgan fingerprint density at radius 1 is 0.931 bits per heavy atom. The van der Waals surface area contributed by atoms with Gasteiger partial charge in [0.2, 0.25) is 0 Å². The van der Waals surface area contributed by atoms with Gasteiger partial charge in [0.05, 0.1) is 5.70 Å². The Labute approximate surface area is 178 Å². The van der Waals surface area contributed by atoms with Crippen molar-refractivity contribution in [1.29, 1.82) is 0 Å². The SMILES string of the molecule is C.CC.CCCC(=O)CCCCC1NC(c2ccccc2)=C(c2ccccc2)O1.[HH]. The van der Waals surface area contributed by atoms with Crippen LogP contribution in [-0.2, 0) is 9.53 Å². The Morgan fingerprint density at radius 2 is 1.52 bits per heavy atom. The zero-order chi connectivity index (χ0) is 20.2. The van der Waals surface area contributed by atoms with Crippen LogP contribution in [-0.4, -0.2) is 12.0 Å². The Kier molecular flexibility index (Phi) is 11.5. The molecule has 1 N–H and O–H groups in total. The largest absolute Gasteiger partial charge is 0.468 e. The number of rotatable bonds is 9. The standard InChI is InChI=1S/C23H27NO2.C2H6.CH4.H2/c1-2-11-20(25)16-9-10-17-21-24-22(18-12-5-3-6-13-18)23(26-21)19-14-7-4-8-15-19;1-2;;/h3-8,12-15,21,24H,2,9-11,16-17H2,1H3;1-2H3;1H4;1H. The lowest BCUT2D eigenvalue weighted by Crippen LogP contribution is -2.23. The van der Waals surface area contributed by atoms with Gasteiger partial charge in [-0.15, -0.1) is 0 Å². The van der Waals surface area contributed by atoms with E-state index in [0.717, 1.165) is 48.3 Å². The quantitative estimate of drug-likeness (QED) is 0.451. The average molecular weight is 398 g/mol. The third-order valence-electron chi connectivity index (χ3n) is 4.59. The van der Waals surface area contributed by atoms with Crippen molar-refractivity contribution in [3.05, 3.63) is 71.8 Å². The van der Waals surface area contributed by atoms with Gasteiger partial charge in [-0.1, -0.05) is 88.9 Å². The van der Waals surface area contributed by atoms with Crippen LogP contribution < -0.4 is 5.32 Å². The first-order valence-corrected chi connectivity index (χ1v) is 10.6. The van der Waals surface area contributed by atoms with Crippen LogP contribution in [0.4, 0.5) is 0 Å². The highest BCUT2D eigenvalue weighted by molar-refractivity contribution is 5.88. The predicted molar refractivity (Wildman–Crippen MR) is 126 cm³/mol. The fraction of sp³-hybridized carbons (Fsp3) is 0.423. The Hall–Kier alpha value is -2.55. The van der Waals surface area contributed by atoms with Crippen molar-refractivity contribution in [3.8, 4) is 0 Å². The summed E-state index contributed by atoms with van der Waals surface area (Å²) in [6.45, 7) is 6.05. The number of benzene rings is 2. The molecule has 3 rings (SSSR count). The van der Waals surface area contributed by atoms with E-state index in [2.05, 4.69) is 36.5 Å². The third-order valence-corrected chi connectivity index (χ3v) is 4.59. The van der Waals surface area contributed by atoms with Crippen LogP contribution in [0.2, 0.25) is 0 Å². The second-order valence-electron chi connectivity index (χ2n) is 6.72. The molecule has 1 aliphatic rings. The first kappa shape index (κ1) is 24.5. The highest BCUT2D eigenvalue weighted by Gasteiger charge is 2.26. The van der Waals surface area contributed by atoms with E-state index >= 15 is 0 Å². The molecule has 0 saturated carbocycles. The van der Waals surface area contributed by atoms with E-state index in [9.17, 15) is 4.79 Å². The first-order chi connectivity index (χ1) is 13.8. The number of carbonyl (C=O) groups excluding carboxylic acids is 1. The van der Waals surface area contributed by atoms with E-state index in [1.807, 2.05) is 50.2 Å². The van der Waals surface area contributed by atoms with Crippen molar-refractivity contribution in [2.75, 3.05) is 0 Å². The molecule has 1 heterocycles. The van der Waals surface area contributed by atoms with Crippen LogP contribution in [0.1, 0.15) is 79.3 Å². The summed E-state index contributed by atoms with van der Waals surface area (Å²) in [5.41, 5.74) is 3.26. The average Bonchev–Trinajstić information content (AvgIpc) is 3.18. The van der Waals surface area contributed by atoms with Crippen LogP contribution in [0, 0.1) is 0 Å². The smallest absolute Gasteiger partial charge is 0.170 e. The van der Waals surface area contributed by atoms with E-state index in [0.29, 0.717) is 18.6 Å². The highest BCUT2D eigenvalue weighted by atomic mass is 16.5. The number of hydrogen-bond acceptors (Lipinski definition) is 3. The van der Waals surface area contributed by atoms with E-state index < -0.39 is 0 Å². The Bertz CT molecular complexity index is 693. The predicted octanol–water partition coefficient (Wildman–Crippen LogP) is 7.30. The highest BCUT2D eigenvalue weighted by Crippen LogP contribution is 2.33. The molecule has 0 bridgehead atoms. The summed E-state index contributed by atoms with van der Waals surface area (Å²) in [7, 11) is 0. The maximum absolute atomic E-state index is 11.7. The molecule has 0 saturated heterocycles. The summed E-state index contributed by atoms with van der Waals surface area (Å²) in [6, 6.07) is 20.5.